The van der Waals surface area contributed by atoms with Gasteiger partial charge in [0.15, 0.2) is 5.96 Å². The Morgan fingerprint density at radius 2 is 2.08 bits per heavy atom. The lowest BCUT2D eigenvalue weighted by molar-refractivity contribution is 0.709. The van der Waals surface area contributed by atoms with Crippen LogP contribution in [0.4, 0.5) is 5.82 Å². The van der Waals surface area contributed by atoms with Gasteiger partial charge in [-0.3, -0.25) is 0 Å². The molecule has 0 aliphatic rings. The predicted molar refractivity (Wildman–Crippen MR) is 120 cm³/mol. The van der Waals surface area contributed by atoms with E-state index in [1.165, 1.54) is 4.88 Å². The summed E-state index contributed by atoms with van der Waals surface area (Å²) in [6, 6.07) is 8.31. The van der Waals surface area contributed by atoms with E-state index < -0.39 is 0 Å². The number of thiophene rings is 1. The summed E-state index contributed by atoms with van der Waals surface area (Å²) in [5, 5.41) is 8.87. The lowest BCUT2D eigenvalue weighted by Gasteiger charge is -2.17. The van der Waals surface area contributed by atoms with E-state index in [1.807, 2.05) is 31.3 Å². The second-order valence-electron chi connectivity index (χ2n) is 5.87. The monoisotopic (exact) mass is 473 g/mol. The molecule has 0 amide bonds. The van der Waals surface area contributed by atoms with Crippen LogP contribution in [-0.2, 0) is 6.54 Å². The highest BCUT2D eigenvalue weighted by atomic mass is 127. The topological polar surface area (TPSA) is 52.6 Å². The van der Waals surface area contributed by atoms with E-state index >= 15 is 0 Å². The fourth-order valence-electron chi connectivity index (χ4n) is 2.38. The molecule has 0 radical (unpaired) electrons. The molecule has 7 heteroatoms. The molecule has 2 heterocycles. The van der Waals surface area contributed by atoms with Crippen molar-refractivity contribution in [2.45, 2.75) is 26.3 Å². The van der Waals surface area contributed by atoms with Crippen molar-refractivity contribution in [2.24, 2.45) is 4.99 Å². The first-order valence-corrected chi connectivity index (χ1v) is 9.16. The van der Waals surface area contributed by atoms with Crippen LogP contribution in [0.25, 0.3) is 0 Å². The molecular weight excluding hydrogens is 445 g/mol. The van der Waals surface area contributed by atoms with Crippen molar-refractivity contribution >= 4 is 47.1 Å². The summed E-state index contributed by atoms with van der Waals surface area (Å²) in [5.41, 5.74) is 1.12. The number of halogens is 1. The Kier molecular flexibility index (Phi) is 9.81. The van der Waals surface area contributed by atoms with Gasteiger partial charge in [-0.05, 0) is 24.4 Å². The van der Waals surface area contributed by atoms with Gasteiger partial charge in [0, 0.05) is 49.7 Å². The predicted octanol–water partition coefficient (Wildman–Crippen LogP) is 3.69. The number of aliphatic imine (C=N–C) groups is 1. The van der Waals surface area contributed by atoms with E-state index in [2.05, 4.69) is 53.0 Å². The zero-order chi connectivity index (χ0) is 17.4. The summed E-state index contributed by atoms with van der Waals surface area (Å²) in [5.74, 6) is 2.27. The van der Waals surface area contributed by atoms with Crippen LogP contribution in [0.1, 0.15) is 30.2 Å². The fraction of sp³-hybridized carbons (Fsp3) is 0.444. The van der Waals surface area contributed by atoms with Crippen LogP contribution in [0.3, 0.4) is 0 Å². The smallest absolute Gasteiger partial charge is 0.191 e. The SMILES string of the molecule is CCNC(=NCc1cccnc1N(C)C)NCC(C)c1cccs1.I. The van der Waals surface area contributed by atoms with Gasteiger partial charge in [-0.1, -0.05) is 19.1 Å². The molecule has 2 aromatic heterocycles. The number of rotatable bonds is 7. The number of nitrogens with zero attached hydrogens (tertiary/aromatic N) is 3. The molecule has 0 fully saturated rings. The maximum absolute atomic E-state index is 4.71. The minimum atomic E-state index is 0. The number of guanidine groups is 1. The highest BCUT2D eigenvalue weighted by Crippen LogP contribution is 2.19. The Hall–Kier alpha value is -1.35. The van der Waals surface area contributed by atoms with E-state index in [1.54, 1.807) is 11.3 Å². The lowest BCUT2D eigenvalue weighted by Crippen LogP contribution is -2.39. The second kappa shape index (κ2) is 11.3. The maximum Gasteiger partial charge on any atom is 0.191 e. The number of pyridine rings is 1. The molecule has 0 saturated carbocycles. The van der Waals surface area contributed by atoms with E-state index in [4.69, 9.17) is 4.99 Å². The van der Waals surface area contributed by atoms with Crippen LogP contribution in [0.2, 0.25) is 0 Å². The van der Waals surface area contributed by atoms with Crippen molar-refractivity contribution in [3.8, 4) is 0 Å². The molecular formula is C18H28IN5S. The molecule has 5 nitrogen and oxygen atoms in total. The van der Waals surface area contributed by atoms with Crippen LogP contribution in [0, 0.1) is 0 Å². The first kappa shape index (κ1) is 21.7. The zero-order valence-electron chi connectivity index (χ0n) is 15.3. The quantitative estimate of drug-likeness (QED) is 0.366. The summed E-state index contributed by atoms with van der Waals surface area (Å²) in [6.07, 6.45) is 1.81. The molecule has 1 unspecified atom stereocenters. The first-order chi connectivity index (χ1) is 11.6. The van der Waals surface area contributed by atoms with Crippen LogP contribution < -0.4 is 15.5 Å². The van der Waals surface area contributed by atoms with Crippen molar-refractivity contribution < 1.29 is 0 Å². The Bertz CT molecular complexity index is 643. The van der Waals surface area contributed by atoms with Crippen molar-refractivity contribution in [2.75, 3.05) is 32.1 Å². The molecule has 2 N–H and O–H groups in total. The van der Waals surface area contributed by atoms with Crippen LogP contribution >= 0.6 is 35.3 Å². The van der Waals surface area contributed by atoms with Crippen LogP contribution in [0.15, 0.2) is 40.8 Å². The Balaban J connectivity index is 0.00000312. The number of anilines is 1. The average molecular weight is 473 g/mol. The normalized spacial score (nSPS) is 12.2. The molecule has 0 bridgehead atoms. The number of hydrogen-bond donors (Lipinski definition) is 2. The summed E-state index contributed by atoms with van der Waals surface area (Å²) >= 11 is 1.80. The van der Waals surface area contributed by atoms with E-state index in [0.29, 0.717) is 12.5 Å². The molecule has 0 saturated heterocycles. The number of aromatic nitrogens is 1. The number of hydrogen-bond acceptors (Lipinski definition) is 4. The molecule has 1 atom stereocenters. The molecule has 2 aromatic rings. The minimum absolute atomic E-state index is 0. The Labute approximate surface area is 172 Å². The Morgan fingerprint density at radius 1 is 1.28 bits per heavy atom. The largest absolute Gasteiger partial charge is 0.362 e. The van der Waals surface area contributed by atoms with E-state index in [0.717, 1.165) is 30.4 Å². The van der Waals surface area contributed by atoms with E-state index in [-0.39, 0.29) is 24.0 Å². The van der Waals surface area contributed by atoms with Crippen molar-refractivity contribution in [3.63, 3.8) is 0 Å². The number of nitrogens with one attached hydrogen (secondary N) is 2. The first-order valence-electron chi connectivity index (χ1n) is 8.28. The minimum Gasteiger partial charge on any atom is -0.362 e. The van der Waals surface area contributed by atoms with Crippen LogP contribution in [0.5, 0.6) is 0 Å². The Morgan fingerprint density at radius 3 is 2.72 bits per heavy atom. The van der Waals surface area contributed by atoms with Gasteiger partial charge in [-0.15, -0.1) is 35.3 Å². The molecule has 0 aliphatic carbocycles. The van der Waals surface area contributed by atoms with Gasteiger partial charge in [0.05, 0.1) is 6.54 Å². The molecule has 2 rings (SSSR count). The molecule has 138 valence electrons. The average Bonchev–Trinajstić information content (AvgIpc) is 3.12. The third-order valence-corrected chi connectivity index (χ3v) is 4.75. The lowest BCUT2D eigenvalue weighted by atomic mass is 10.1. The summed E-state index contributed by atoms with van der Waals surface area (Å²) in [4.78, 5) is 12.5. The third kappa shape index (κ3) is 6.81. The van der Waals surface area contributed by atoms with Crippen molar-refractivity contribution in [3.05, 3.63) is 46.3 Å². The van der Waals surface area contributed by atoms with Gasteiger partial charge in [0.2, 0.25) is 0 Å². The van der Waals surface area contributed by atoms with Gasteiger partial charge in [0.25, 0.3) is 0 Å². The van der Waals surface area contributed by atoms with Crippen LogP contribution in [-0.4, -0.2) is 38.1 Å². The van der Waals surface area contributed by atoms with Gasteiger partial charge in [-0.25, -0.2) is 9.98 Å². The summed E-state index contributed by atoms with van der Waals surface area (Å²) in [6.45, 7) is 6.61. The third-order valence-electron chi connectivity index (χ3n) is 3.65. The zero-order valence-corrected chi connectivity index (χ0v) is 18.5. The fourth-order valence-corrected chi connectivity index (χ4v) is 3.17. The maximum atomic E-state index is 4.71. The highest BCUT2D eigenvalue weighted by molar-refractivity contribution is 14.0. The van der Waals surface area contributed by atoms with Gasteiger partial charge < -0.3 is 15.5 Å². The molecule has 0 aromatic carbocycles. The van der Waals surface area contributed by atoms with Gasteiger partial charge in [0.1, 0.15) is 5.82 Å². The molecule has 25 heavy (non-hydrogen) atoms. The van der Waals surface area contributed by atoms with Crippen molar-refractivity contribution in [1.82, 2.24) is 15.6 Å². The molecule has 0 spiro atoms. The summed E-state index contributed by atoms with van der Waals surface area (Å²) < 4.78 is 0. The standard InChI is InChI=1S/C18H27N5S.HI/c1-5-19-18(21-12-14(2)16-9-7-11-24-16)22-13-15-8-6-10-20-17(15)23(3)4;/h6-11,14H,5,12-13H2,1-4H3,(H2,19,21,22);1H. The van der Waals surface area contributed by atoms with Gasteiger partial charge in [-0.2, -0.15) is 0 Å². The summed E-state index contributed by atoms with van der Waals surface area (Å²) in [7, 11) is 4.00. The van der Waals surface area contributed by atoms with Crippen molar-refractivity contribution in [1.29, 1.82) is 0 Å². The second-order valence-corrected chi connectivity index (χ2v) is 6.85. The highest BCUT2D eigenvalue weighted by Gasteiger charge is 2.08. The van der Waals surface area contributed by atoms with E-state index in [9.17, 15) is 0 Å². The van der Waals surface area contributed by atoms with Gasteiger partial charge >= 0.3 is 0 Å². The molecule has 0 aliphatic heterocycles.